The van der Waals surface area contributed by atoms with Gasteiger partial charge in [0.15, 0.2) is 0 Å². The van der Waals surface area contributed by atoms with Crippen LogP contribution in [0, 0.1) is 13.8 Å². The van der Waals surface area contributed by atoms with Crippen LogP contribution < -0.4 is 5.73 Å². The monoisotopic (exact) mass is 257 g/mol. The van der Waals surface area contributed by atoms with E-state index in [1.54, 1.807) is 6.92 Å². The lowest BCUT2D eigenvalue weighted by Crippen LogP contribution is -2.17. The number of ether oxygens (including phenoxy) is 1. The lowest BCUT2D eigenvalue weighted by Gasteiger charge is -2.12. The van der Waals surface area contributed by atoms with E-state index in [1.807, 2.05) is 25.1 Å². The fourth-order valence-corrected chi connectivity index (χ4v) is 1.51. The van der Waals surface area contributed by atoms with Crippen LogP contribution in [0.2, 0.25) is 0 Å². The van der Waals surface area contributed by atoms with Gasteiger partial charge in [-0.25, -0.2) is 0 Å². The number of hydrogen-bond donors (Lipinski definition) is 1. The first-order valence-corrected chi connectivity index (χ1v) is 5.53. The van der Waals surface area contributed by atoms with Crippen LogP contribution in [0.25, 0.3) is 0 Å². The first-order valence-electron chi connectivity index (χ1n) is 5.53. The Balaban J connectivity index is 0.00000256. The fourth-order valence-electron chi connectivity index (χ4n) is 1.51. The third-order valence-corrected chi connectivity index (χ3v) is 2.65. The highest BCUT2D eigenvalue weighted by Crippen LogP contribution is 2.18. The van der Waals surface area contributed by atoms with E-state index in [4.69, 9.17) is 10.5 Å². The Labute approximate surface area is 109 Å². The molecular weight excluding hydrogens is 238 g/mol. The molecule has 0 unspecified atom stereocenters. The molecule has 3 nitrogen and oxygen atoms in total. The second-order valence-corrected chi connectivity index (χ2v) is 3.96. The number of carbonyl (C=O) groups is 1. The van der Waals surface area contributed by atoms with Gasteiger partial charge in [-0.1, -0.05) is 18.2 Å². The van der Waals surface area contributed by atoms with Crippen molar-refractivity contribution >= 4 is 18.4 Å². The molecule has 0 fully saturated rings. The summed E-state index contributed by atoms with van der Waals surface area (Å²) in [5, 5.41) is 0. The van der Waals surface area contributed by atoms with E-state index >= 15 is 0 Å². The maximum Gasteiger partial charge on any atom is 0.307 e. The van der Waals surface area contributed by atoms with Gasteiger partial charge in [-0.3, -0.25) is 4.79 Å². The molecule has 0 aliphatic heterocycles. The SMILES string of the molecule is CCOC(=O)C[C@@H](N)c1ccc(C)c(C)c1.Cl. The third-order valence-electron chi connectivity index (χ3n) is 2.65. The van der Waals surface area contributed by atoms with Crippen LogP contribution in [0.3, 0.4) is 0 Å². The zero-order valence-electron chi connectivity index (χ0n) is 10.5. The molecule has 96 valence electrons. The van der Waals surface area contributed by atoms with Gasteiger partial charge < -0.3 is 10.5 Å². The number of nitrogens with two attached hydrogens (primary N) is 1. The summed E-state index contributed by atoms with van der Waals surface area (Å²) in [5.74, 6) is -0.242. The van der Waals surface area contributed by atoms with Gasteiger partial charge in [0.05, 0.1) is 13.0 Å². The summed E-state index contributed by atoms with van der Waals surface area (Å²) >= 11 is 0. The van der Waals surface area contributed by atoms with Crippen LogP contribution >= 0.6 is 12.4 Å². The number of benzene rings is 1. The maximum atomic E-state index is 11.3. The Morgan fingerprint density at radius 2 is 2.00 bits per heavy atom. The predicted molar refractivity (Wildman–Crippen MR) is 71.3 cm³/mol. The zero-order valence-corrected chi connectivity index (χ0v) is 11.3. The Morgan fingerprint density at radius 1 is 1.35 bits per heavy atom. The minimum absolute atomic E-state index is 0. The molecule has 0 saturated heterocycles. The summed E-state index contributed by atoms with van der Waals surface area (Å²) in [5.41, 5.74) is 9.35. The number of rotatable bonds is 4. The number of hydrogen-bond acceptors (Lipinski definition) is 3. The van der Waals surface area contributed by atoms with Crippen LogP contribution in [0.15, 0.2) is 18.2 Å². The molecule has 1 atom stereocenters. The van der Waals surface area contributed by atoms with Gasteiger partial charge in [0.2, 0.25) is 0 Å². The predicted octanol–water partition coefficient (Wildman–Crippen LogP) is 2.68. The van der Waals surface area contributed by atoms with Crippen molar-refractivity contribution in [1.29, 1.82) is 0 Å². The Kier molecular flexibility index (Phi) is 6.85. The number of esters is 1. The van der Waals surface area contributed by atoms with Gasteiger partial charge in [-0.05, 0) is 37.5 Å². The van der Waals surface area contributed by atoms with E-state index < -0.39 is 0 Å². The molecule has 1 rings (SSSR count). The van der Waals surface area contributed by atoms with E-state index in [2.05, 4.69) is 6.92 Å². The van der Waals surface area contributed by atoms with Crippen LogP contribution in [0.4, 0.5) is 0 Å². The molecule has 4 heteroatoms. The van der Waals surface area contributed by atoms with Crippen LogP contribution in [-0.2, 0) is 9.53 Å². The largest absolute Gasteiger partial charge is 0.466 e. The quantitative estimate of drug-likeness (QED) is 0.844. The molecule has 0 radical (unpaired) electrons. The molecule has 1 aromatic carbocycles. The average molecular weight is 258 g/mol. The van der Waals surface area contributed by atoms with E-state index in [-0.39, 0.29) is 30.8 Å². The first kappa shape index (κ1) is 15.9. The molecule has 2 N–H and O–H groups in total. The molecule has 0 heterocycles. The van der Waals surface area contributed by atoms with E-state index in [9.17, 15) is 4.79 Å². The third kappa shape index (κ3) is 4.75. The second kappa shape index (κ2) is 7.30. The number of aryl methyl sites for hydroxylation is 2. The molecule has 0 aliphatic rings. The summed E-state index contributed by atoms with van der Waals surface area (Å²) in [6.45, 7) is 6.28. The smallest absolute Gasteiger partial charge is 0.307 e. The van der Waals surface area contributed by atoms with Crippen molar-refractivity contribution in [3.8, 4) is 0 Å². The van der Waals surface area contributed by atoms with Crippen molar-refractivity contribution in [3.63, 3.8) is 0 Å². The van der Waals surface area contributed by atoms with Crippen molar-refractivity contribution in [2.24, 2.45) is 5.73 Å². The summed E-state index contributed by atoms with van der Waals surface area (Å²) < 4.78 is 4.87. The molecule has 0 aliphatic carbocycles. The fraction of sp³-hybridized carbons (Fsp3) is 0.462. The number of carbonyl (C=O) groups excluding carboxylic acids is 1. The topological polar surface area (TPSA) is 52.3 Å². The Morgan fingerprint density at radius 3 is 2.53 bits per heavy atom. The minimum Gasteiger partial charge on any atom is -0.466 e. The molecule has 17 heavy (non-hydrogen) atoms. The molecular formula is C13H20ClNO2. The zero-order chi connectivity index (χ0) is 12.1. The molecule has 1 aromatic rings. The molecule has 0 saturated carbocycles. The Bertz CT molecular complexity index is 380. The van der Waals surface area contributed by atoms with Crippen molar-refractivity contribution in [3.05, 3.63) is 34.9 Å². The van der Waals surface area contributed by atoms with Crippen molar-refractivity contribution in [2.75, 3.05) is 6.61 Å². The van der Waals surface area contributed by atoms with Gasteiger partial charge in [-0.2, -0.15) is 0 Å². The molecule has 0 aromatic heterocycles. The number of halogens is 1. The highest BCUT2D eigenvalue weighted by atomic mass is 35.5. The highest BCUT2D eigenvalue weighted by molar-refractivity contribution is 5.85. The van der Waals surface area contributed by atoms with Gasteiger partial charge in [-0.15, -0.1) is 12.4 Å². The van der Waals surface area contributed by atoms with Crippen molar-refractivity contribution < 1.29 is 9.53 Å². The molecule has 0 spiro atoms. The standard InChI is InChI=1S/C13H19NO2.ClH/c1-4-16-13(15)8-12(14)11-6-5-9(2)10(3)7-11;/h5-7,12H,4,8,14H2,1-3H3;1H/t12-;/m1./s1. The van der Waals surface area contributed by atoms with Gasteiger partial charge in [0, 0.05) is 6.04 Å². The summed E-state index contributed by atoms with van der Waals surface area (Å²) in [6, 6.07) is 5.74. The van der Waals surface area contributed by atoms with Gasteiger partial charge in [0.1, 0.15) is 0 Å². The lowest BCUT2D eigenvalue weighted by molar-refractivity contribution is -0.143. The maximum absolute atomic E-state index is 11.3. The second-order valence-electron chi connectivity index (χ2n) is 3.96. The summed E-state index contributed by atoms with van der Waals surface area (Å²) in [7, 11) is 0. The highest BCUT2D eigenvalue weighted by Gasteiger charge is 2.12. The van der Waals surface area contributed by atoms with E-state index in [1.165, 1.54) is 11.1 Å². The molecule has 0 bridgehead atoms. The average Bonchev–Trinajstić information content (AvgIpc) is 2.22. The van der Waals surface area contributed by atoms with E-state index in [0.29, 0.717) is 6.61 Å². The first-order chi connectivity index (χ1) is 7.54. The van der Waals surface area contributed by atoms with Gasteiger partial charge in [0.25, 0.3) is 0 Å². The molecule has 0 amide bonds. The summed E-state index contributed by atoms with van der Waals surface area (Å²) in [4.78, 5) is 11.3. The minimum atomic E-state index is -0.279. The van der Waals surface area contributed by atoms with E-state index in [0.717, 1.165) is 5.56 Å². The van der Waals surface area contributed by atoms with Crippen LogP contribution in [-0.4, -0.2) is 12.6 Å². The van der Waals surface area contributed by atoms with Crippen LogP contribution in [0.1, 0.15) is 36.1 Å². The lowest BCUT2D eigenvalue weighted by atomic mass is 10.00. The van der Waals surface area contributed by atoms with Crippen molar-refractivity contribution in [2.45, 2.75) is 33.2 Å². The van der Waals surface area contributed by atoms with Gasteiger partial charge >= 0.3 is 5.97 Å². The van der Waals surface area contributed by atoms with Crippen LogP contribution in [0.5, 0.6) is 0 Å². The normalized spacial score (nSPS) is 11.5. The van der Waals surface area contributed by atoms with Crippen molar-refractivity contribution in [1.82, 2.24) is 0 Å². The Hall–Kier alpha value is -1.06. The summed E-state index contributed by atoms with van der Waals surface area (Å²) in [6.07, 6.45) is 0.232.